The van der Waals surface area contributed by atoms with Crippen LogP contribution in [0.1, 0.15) is 13.8 Å². The number of anilines is 1. The number of nitrogens with zero attached hydrogens (tertiary/aromatic N) is 1. The lowest BCUT2D eigenvalue weighted by atomic mass is 10.1. The molecular formula is C12H15N3OS. The zero-order valence-electron chi connectivity index (χ0n) is 9.81. The average Bonchev–Trinajstić information content (AvgIpc) is 2.69. The van der Waals surface area contributed by atoms with Gasteiger partial charge in [-0.05, 0) is 18.1 Å². The second-order valence-electron chi connectivity index (χ2n) is 4.25. The van der Waals surface area contributed by atoms with E-state index in [0.717, 1.165) is 10.2 Å². The second-order valence-corrected chi connectivity index (χ2v) is 5.28. The molecule has 0 bridgehead atoms. The quantitative estimate of drug-likeness (QED) is 0.876. The van der Waals surface area contributed by atoms with E-state index >= 15 is 0 Å². The minimum absolute atomic E-state index is 0.115. The van der Waals surface area contributed by atoms with E-state index in [1.165, 1.54) is 11.3 Å². The van der Waals surface area contributed by atoms with Gasteiger partial charge in [-0.15, -0.1) is 0 Å². The van der Waals surface area contributed by atoms with Crippen LogP contribution in [0.2, 0.25) is 0 Å². The van der Waals surface area contributed by atoms with Crippen LogP contribution in [0, 0.1) is 5.92 Å². The van der Waals surface area contributed by atoms with Crippen LogP contribution in [0.3, 0.4) is 0 Å². The van der Waals surface area contributed by atoms with Crippen molar-refractivity contribution in [3.63, 3.8) is 0 Å². The zero-order valence-corrected chi connectivity index (χ0v) is 10.6. The zero-order chi connectivity index (χ0) is 12.4. The fraction of sp³-hybridized carbons (Fsp3) is 0.333. The van der Waals surface area contributed by atoms with Crippen LogP contribution < -0.4 is 11.1 Å². The first-order chi connectivity index (χ1) is 8.08. The van der Waals surface area contributed by atoms with Crippen molar-refractivity contribution in [3.8, 4) is 0 Å². The summed E-state index contributed by atoms with van der Waals surface area (Å²) >= 11 is 1.46. The molecule has 0 saturated carbocycles. The molecule has 4 nitrogen and oxygen atoms in total. The Morgan fingerprint density at radius 2 is 2.12 bits per heavy atom. The summed E-state index contributed by atoms with van der Waals surface area (Å²) in [6.07, 6.45) is 0. The lowest BCUT2D eigenvalue weighted by molar-refractivity contribution is -0.118. The molecule has 0 aliphatic heterocycles. The number of benzene rings is 1. The first kappa shape index (κ1) is 12.0. The largest absolute Gasteiger partial charge is 0.320 e. The van der Waals surface area contributed by atoms with Crippen molar-refractivity contribution in [1.29, 1.82) is 0 Å². The summed E-state index contributed by atoms with van der Waals surface area (Å²) in [4.78, 5) is 16.1. The fourth-order valence-electron chi connectivity index (χ4n) is 1.42. The van der Waals surface area contributed by atoms with Crippen molar-refractivity contribution in [2.45, 2.75) is 19.9 Å². The number of amides is 1. The number of carbonyl (C=O) groups is 1. The van der Waals surface area contributed by atoms with E-state index in [4.69, 9.17) is 5.73 Å². The van der Waals surface area contributed by atoms with E-state index in [-0.39, 0.29) is 11.8 Å². The maximum absolute atomic E-state index is 11.8. The topological polar surface area (TPSA) is 68.0 Å². The lowest BCUT2D eigenvalue weighted by Gasteiger charge is -2.13. The summed E-state index contributed by atoms with van der Waals surface area (Å²) in [7, 11) is 0. The predicted octanol–water partition coefficient (Wildman–Crippen LogP) is 2.22. The van der Waals surface area contributed by atoms with Gasteiger partial charge in [-0.25, -0.2) is 4.98 Å². The molecule has 1 amide bonds. The Kier molecular flexibility index (Phi) is 3.40. The molecule has 0 aliphatic rings. The number of fused-ring (bicyclic) bond motifs is 1. The molecule has 0 fully saturated rings. The maximum Gasteiger partial charge on any atom is 0.243 e. The van der Waals surface area contributed by atoms with E-state index in [2.05, 4.69) is 10.3 Å². The summed E-state index contributed by atoms with van der Waals surface area (Å²) in [5.41, 5.74) is 6.66. The Hall–Kier alpha value is -1.46. The molecule has 0 aliphatic carbocycles. The van der Waals surface area contributed by atoms with Crippen LogP contribution in [-0.2, 0) is 4.79 Å². The third kappa shape index (κ3) is 2.62. The lowest BCUT2D eigenvalue weighted by Crippen LogP contribution is -2.39. The molecule has 17 heavy (non-hydrogen) atoms. The van der Waals surface area contributed by atoms with Gasteiger partial charge in [0.1, 0.15) is 0 Å². The highest BCUT2D eigenvalue weighted by Crippen LogP contribution is 2.25. The van der Waals surface area contributed by atoms with Gasteiger partial charge in [0.2, 0.25) is 5.91 Å². The Labute approximate surface area is 104 Å². The fourth-order valence-corrected chi connectivity index (χ4v) is 2.29. The molecule has 0 saturated heterocycles. The van der Waals surface area contributed by atoms with Gasteiger partial charge in [0.25, 0.3) is 0 Å². The number of nitrogens with one attached hydrogen (secondary N) is 1. The third-order valence-electron chi connectivity index (χ3n) is 2.55. The Morgan fingerprint density at radius 1 is 1.41 bits per heavy atom. The molecule has 0 spiro atoms. The van der Waals surface area contributed by atoms with E-state index in [1.807, 2.05) is 38.1 Å². The monoisotopic (exact) mass is 249 g/mol. The van der Waals surface area contributed by atoms with Gasteiger partial charge < -0.3 is 11.1 Å². The van der Waals surface area contributed by atoms with Gasteiger partial charge in [0.05, 0.1) is 16.3 Å². The van der Waals surface area contributed by atoms with Crippen molar-refractivity contribution in [2.24, 2.45) is 11.7 Å². The van der Waals surface area contributed by atoms with Gasteiger partial charge in [0, 0.05) is 0 Å². The number of rotatable bonds is 3. The molecule has 1 aromatic heterocycles. The summed E-state index contributed by atoms with van der Waals surface area (Å²) in [5, 5.41) is 3.36. The molecule has 1 unspecified atom stereocenters. The minimum Gasteiger partial charge on any atom is -0.320 e. The average molecular weight is 249 g/mol. The number of thiazole rings is 1. The first-order valence-electron chi connectivity index (χ1n) is 5.50. The highest BCUT2D eigenvalue weighted by Gasteiger charge is 2.18. The molecule has 3 N–H and O–H groups in total. The third-order valence-corrected chi connectivity index (χ3v) is 3.50. The van der Waals surface area contributed by atoms with E-state index in [9.17, 15) is 4.79 Å². The van der Waals surface area contributed by atoms with Gasteiger partial charge >= 0.3 is 0 Å². The molecular weight excluding hydrogens is 234 g/mol. The van der Waals surface area contributed by atoms with E-state index in [1.54, 1.807) is 0 Å². The van der Waals surface area contributed by atoms with Crippen molar-refractivity contribution in [2.75, 3.05) is 5.32 Å². The number of hydrogen-bond donors (Lipinski definition) is 2. The van der Waals surface area contributed by atoms with Gasteiger partial charge in [-0.3, -0.25) is 4.79 Å². The number of hydrogen-bond acceptors (Lipinski definition) is 4. The van der Waals surface area contributed by atoms with Crippen LogP contribution in [0.25, 0.3) is 10.2 Å². The predicted molar refractivity (Wildman–Crippen MR) is 71.1 cm³/mol. The van der Waals surface area contributed by atoms with E-state index in [0.29, 0.717) is 5.13 Å². The molecule has 5 heteroatoms. The highest BCUT2D eigenvalue weighted by atomic mass is 32.1. The van der Waals surface area contributed by atoms with Crippen molar-refractivity contribution >= 4 is 32.6 Å². The number of nitrogens with two attached hydrogens (primary N) is 1. The minimum atomic E-state index is -0.498. The first-order valence-corrected chi connectivity index (χ1v) is 6.31. The van der Waals surface area contributed by atoms with Crippen LogP contribution in [-0.4, -0.2) is 16.9 Å². The Balaban J connectivity index is 2.16. The molecule has 1 aromatic carbocycles. The molecule has 2 aromatic rings. The van der Waals surface area contributed by atoms with Gasteiger partial charge in [0.15, 0.2) is 5.13 Å². The number of carbonyl (C=O) groups excluding carboxylic acids is 1. The molecule has 1 heterocycles. The van der Waals surface area contributed by atoms with Gasteiger partial charge in [-0.2, -0.15) is 0 Å². The number of para-hydroxylation sites is 1. The van der Waals surface area contributed by atoms with Crippen LogP contribution in [0.5, 0.6) is 0 Å². The van der Waals surface area contributed by atoms with Gasteiger partial charge in [-0.1, -0.05) is 37.3 Å². The van der Waals surface area contributed by atoms with Crippen molar-refractivity contribution in [1.82, 2.24) is 4.98 Å². The molecule has 90 valence electrons. The Bertz CT molecular complexity index is 502. The van der Waals surface area contributed by atoms with E-state index < -0.39 is 6.04 Å². The standard InChI is InChI=1S/C12H15N3OS/c1-7(2)10(13)11(16)15-12-14-8-5-3-4-6-9(8)17-12/h3-7,10H,13H2,1-2H3,(H,14,15,16). The SMILES string of the molecule is CC(C)C(N)C(=O)Nc1nc2ccccc2s1. The molecule has 0 radical (unpaired) electrons. The summed E-state index contributed by atoms with van der Waals surface area (Å²) in [6, 6.07) is 7.27. The van der Waals surface area contributed by atoms with Crippen LogP contribution >= 0.6 is 11.3 Å². The normalized spacial score (nSPS) is 12.9. The van der Waals surface area contributed by atoms with Crippen molar-refractivity contribution in [3.05, 3.63) is 24.3 Å². The van der Waals surface area contributed by atoms with Crippen LogP contribution in [0.15, 0.2) is 24.3 Å². The summed E-state index contributed by atoms with van der Waals surface area (Å²) < 4.78 is 1.06. The molecule has 2 rings (SSSR count). The van der Waals surface area contributed by atoms with Crippen LogP contribution in [0.4, 0.5) is 5.13 Å². The van der Waals surface area contributed by atoms with Crippen molar-refractivity contribution < 1.29 is 4.79 Å². The summed E-state index contributed by atoms with van der Waals surface area (Å²) in [6.45, 7) is 3.84. The maximum atomic E-state index is 11.8. The second kappa shape index (κ2) is 4.81. The Morgan fingerprint density at radius 3 is 2.76 bits per heavy atom. The highest BCUT2D eigenvalue weighted by molar-refractivity contribution is 7.22. The molecule has 1 atom stereocenters. The summed E-state index contributed by atoms with van der Waals surface area (Å²) in [5.74, 6) is -0.0663. The number of aromatic nitrogens is 1. The smallest absolute Gasteiger partial charge is 0.243 e.